The number of benzene rings is 4. The topological polar surface area (TPSA) is 0 Å². The van der Waals surface area contributed by atoms with E-state index in [-0.39, 0.29) is 24.8 Å². The van der Waals surface area contributed by atoms with E-state index in [0.29, 0.717) is 5.41 Å². The maximum Gasteiger partial charge on any atom is -0.0253 e. The molecule has 5 aliphatic rings. The van der Waals surface area contributed by atoms with Crippen LogP contribution in [0.15, 0.2) is 103 Å². The van der Waals surface area contributed by atoms with Gasteiger partial charge in [-0.15, -0.1) is 30.4 Å². The number of hydrogen-bond donors (Lipinski definition) is 0. The molecule has 0 N–H and O–H groups in total. The van der Waals surface area contributed by atoms with Crippen LogP contribution < -0.4 is 0 Å². The van der Waals surface area contributed by atoms with E-state index < -0.39 is 22.3 Å². The number of aryl methyl sites for hydroxylation is 2. The van der Waals surface area contributed by atoms with Gasteiger partial charge in [-0.3, -0.25) is 0 Å². The number of halogens is 4. The summed E-state index contributed by atoms with van der Waals surface area (Å²) in [4.78, 5) is 0. The zero-order valence-electron chi connectivity index (χ0n) is 28.9. The molecule has 0 spiro atoms. The van der Waals surface area contributed by atoms with Crippen LogP contribution in [0.1, 0.15) is 77.5 Å². The molecule has 0 nitrogen and oxygen atoms in total. The van der Waals surface area contributed by atoms with Crippen LogP contribution in [0.4, 0.5) is 0 Å². The van der Waals surface area contributed by atoms with E-state index in [1.807, 2.05) is 30.3 Å². The van der Waals surface area contributed by atoms with E-state index in [1.54, 1.807) is 49.7 Å². The second kappa shape index (κ2) is 17.7. The largest absolute Gasteiger partial charge is 0.179 e. The minimum atomic E-state index is -0.623. The van der Waals surface area contributed by atoms with Crippen LogP contribution in [0.3, 0.4) is 0 Å². The molecule has 5 heteroatoms. The summed E-state index contributed by atoms with van der Waals surface area (Å²) in [6, 6.07) is 38.9. The summed E-state index contributed by atoms with van der Waals surface area (Å²) in [5.41, 5.74) is 13.4. The van der Waals surface area contributed by atoms with Crippen LogP contribution in [0.25, 0.3) is 11.1 Å². The van der Waals surface area contributed by atoms with Crippen LogP contribution in [0.5, 0.6) is 0 Å². The SMILES string of the molecule is Cc1cc(CC23CC4CC(CC(C4)C2)C3)c(C)[cH-]1.Cl.Cl.Clc1ccc([CH]=[Zr]=[CH]c2ccc(Cl)cc2)cc1.[c-]1cccc2c1Cc1ccccc1-2. The standard InChI is InChI=1S/C18H25.C13H9.2C7H5Cl.2ClH.Zr/c1-12-3-13(2)17(4-12)11-18-8-14-5-15(9-18)7-16(6-14)10-18;1-3-7-12-10(5-1)9-11-6-2-4-8-13(11)12;2*1-6-2-4-7(8)5-3-6;;;/h3-4,14-16H,5-11H2,1-2H3;1-5,7-8H,9H2;2*1-5H;2*1H;/q2*-1;;;;;. The Morgan fingerprint density at radius 3 is 1.82 bits per heavy atom. The minimum Gasteiger partial charge on any atom is -0.179 e. The Bertz CT molecular complexity index is 1800. The quantitative estimate of drug-likeness (QED) is 0.155. The van der Waals surface area contributed by atoms with E-state index in [0.717, 1.165) is 34.2 Å². The zero-order valence-corrected chi connectivity index (χ0v) is 34.5. The average Bonchev–Trinajstić information content (AvgIpc) is 3.60. The van der Waals surface area contributed by atoms with Crippen LogP contribution in [-0.2, 0) is 35.1 Å². The van der Waals surface area contributed by atoms with Crippen LogP contribution >= 0.6 is 48.0 Å². The fourth-order valence-electron chi connectivity index (χ4n) is 9.32. The van der Waals surface area contributed by atoms with Gasteiger partial charge in [0.05, 0.1) is 0 Å². The number of rotatable bonds is 4. The van der Waals surface area contributed by atoms with Gasteiger partial charge in [-0.1, -0.05) is 55.7 Å². The van der Waals surface area contributed by atoms with Gasteiger partial charge < -0.3 is 0 Å². The first-order chi connectivity index (χ1) is 23.3. The smallest absolute Gasteiger partial charge is 0.0253 e. The van der Waals surface area contributed by atoms with E-state index in [9.17, 15) is 0 Å². The number of fused-ring (bicyclic) bond motifs is 3. The maximum absolute atomic E-state index is 5.84. The molecule has 4 fully saturated rings. The average molecular weight is 820 g/mol. The van der Waals surface area contributed by atoms with Crippen molar-refractivity contribution in [2.45, 2.75) is 65.2 Å². The molecule has 5 aliphatic carbocycles. The molecule has 0 amide bonds. The Labute approximate surface area is 332 Å². The molecule has 0 atom stereocenters. The molecule has 10 rings (SSSR count). The van der Waals surface area contributed by atoms with Crippen molar-refractivity contribution in [1.82, 2.24) is 0 Å². The minimum absolute atomic E-state index is 0. The second-order valence-corrected chi connectivity index (χ2v) is 17.9. The Balaban J connectivity index is 0.000000145. The van der Waals surface area contributed by atoms with Crippen molar-refractivity contribution < 1.29 is 22.3 Å². The first-order valence-electron chi connectivity index (χ1n) is 17.6. The summed E-state index contributed by atoms with van der Waals surface area (Å²) in [5.74, 6) is 3.27. The third-order valence-electron chi connectivity index (χ3n) is 10.9. The summed E-state index contributed by atoms with van der Waals surface area (Å²) >= 11 is 11.0. The summed E-state index contributed by atoms with van der Waals surface area (Å²) in [5, 5.41) is 1.57. The van der Waals surface area contributed by atoms with Crippen molar-refractivity contribution in [3.05, 3.63) is 158 Å². The Morgan fingerprint density at radius 1 is 0.740 bits per heavy atom. The molecular weight excluding hydrogens is 774 g/mol. The van der Waals surface area contributed by atoms with Gasteiger partial charge in [0.2, 0.25) is 0 Å². The maximum atomic E-state index is 5.84. The molecule has 5 aromatic carbocycles. The Kier molecular flexibility index (Phi) is 13.9. The van der Waals surface area contributed by atoms with Gasteiger partial charge in [0.1, 0.15) is 0 Å². The third kappa shape index (κ3) is 9.70. The molecule has 0 unspecified atom stereocenters. The molecule has 4 saturated carbocycles. The summed E-state index contributed by atoms with van der Waals surface area (Å²) in [7, 11) is 0. The van der Waals surface area contributed by atoms with Gasteiger partial charge >= 0.3 is 123 Å². The molecule has 4 bridgehead atoms. The van der Waals surface area contributed by atoms with Crippen LogP contribution in [0, 0.1) is 43.1 Å². The van der Waals surface area contributed by atoms with Crippen molar-refractivity contribution in [1.29, 1.82) is 0 Å². The molecule has 0 aliphatic heterocycles. The van der Waals surface area contributed by atoms with Gasteiger partial charge in [-0.25, -0.2) is 6.07 Å². The van der Waals surface area contributed by atoms with Gasteiger partial charge in [0.25, 0.3) is 0 Å². The van der Waals surface area contributed by atoms with Crippen molar-refractivity contribution in [3.8, 4) is 11.1 Å². The molecule has 260 valence electrons. The monoisotopic (exact) mass is 816 g/mol. The van der Waals surface area contributed by atoms with E-state index >= 15 is 0 Å². The predicted molar refractivity (Wildman–Crippen MR) is 217 cm³/mol. The Morgan fingerprint density at radius 2 is 1.28 bits per heavy atom. The van der Waals surface area contributed by atoms with Crippen molar-refractivity contribution in [2.75, 3.05) is 0 Å². The van der Waals surface area contributed by atoms with Crippen LogP contribution in [-0.4, -0.2) is 7.42 Å². The number of hydrogen-bond acceptors (Lipinski definition) is 0. The van der Waals surface area contributed by atoms with Crippen molar-refractivity contribution >= 4 is 55.4 Å². The van der Waals surface area contributed by atoms with E-state index in [2.05, 4.69) is 100 Å². The Hall–Kier alpha value is -1.99. The molecule has 0 aromatic heterocycles. The van der Waals surface area contributed by atoms with Crippen LogP contribution in [0.2, 0.25) is 10.0 Å². The van der Waals surface area contributed by atoms with Crippen molar-refractivity contribution in [2.24, 2.45) is 23.2 Å². The molecular formula is C45H46Cl4Zr-2. The fourth-order valence-corrected chi connectivity index (χ4v) is 11.7. The summed E-state index contributed by atoms with van der Waals surface area (Å²) < 4.78 is 4.66. The molecule has 0 saturated heterocycles. The molecule has 0 radical (unpaired) electrons. The second-order valence-electron chi connectivity index (χ2n) is 14.8. The van der Waals surface area contributed by atoms with Gasteiger partial charge in [-0.05, 0) is 68.1 Å². The fraction of sp³-hybridized carbons (Fsp3) is 0.311. The third-order valence-corrected chi connectivity index (χ3v) is 13.9. The summed E-state index contributed by atoms with van der Waals surface area (Å²) in [6.45, 7) is 4.55. The zero-order chi connectivity index (χ0) is 33.1. The predicted octanol–water partition coefficient (Wildman–Crippen LogP) is 12.8. The van der Waals surface area contributed by atoms with Crippen molar-refractivity contribution in [3.63, 3.8) is 0 Å². The summed E-state index contributed by atoms with van der Waals surface area (Å²) in [6.07, 6.45) is 11.8. The first-order valence-corrected chi connectivity index (χ1v) is 21.1. The van der Waals surface area contributed by atoms with Gasteiger partial charge in [0.15, 0.2) is 0 Å². The van der Waals surface area contributed by atoms with E-state index in [1.165, 1.54) is 45.4 Å². The molecule has 0 heterocycles. The normalized spacial score (nSPS) is 21.4. The van der Waals surface area contributed by atoms with E-state index in [4.69, 9.17) is 23.2 Å². The molecule has 50 heavy (non-hydrogen) atoms. The molecule has 5 aromatic rings. The van der Waals surface area contributed by atoms with Gasteiger partial charge in [0, 0.05) is 0 Å². The van der Waals surface area contributed by atoms with Gasteiger partial charge in [-0.2, -0.15) is 52.6 Å². The first kappa shape index (κ1) is 39.2.